The van der Waals surface area contributed by atoms with Gasteiger partial charge in [-0.15, -0.1) is 0 Å². The summed E-state index contributed by atoms with van der Waals surface area (Å²) in [6.07, 6.45) is 6.34. The number of piperidine rings is 1. The van der Waals surface area contributed by atoms with Crippen molar-refractivity contribution >= 4 is 5.91 Å². The molecule has 28 heavy (non-hydrogen) atoms. The number of hydrogen-bond acceptors (Lipinski definition) is 5. The quantitative estimate of drug-likeness (QED) is 0.737. The molecule has 0 aliphatic carbocycles. The number of ether oxygens (including phenoxy) is 1. The van der Waals surface area contributed by atoms with E-state index in [9.17, 15) is 4.79 Å². The number of nitrogens with zero attached hydrogens (tertiary/aromatic N) is 4. The van der Waals surface area contributed by atoms with Crippen LogP contribution in [0.15, 0.2) is 48.8 Å². The zero-order valence-corrected chi connectivity index (χ0v) is 15.8. The zero-order valence-electron chi connectivity index (χ0n) is 15.8. The predicted octanol–water partition coefficient (Wildman–Crippen LogP) is 3.31. The van der Waals surface area contributed by atoms with Crippen LogP contribution in [0.25, 0.3) is 11.4 Å². The molecule has 1 N–H and O–H groups in total. The van der Waals surface area contributed by atoms with Crippen LogP contribution < -0.4 is 4.74 Å². The van der Waals surface area contributed by atoms with Gasteiger partial charge in [-0.25, -0.2) is 4.98 Å². The summed E-state index contributed by atoms with van der Waals surface area (Å²) in [5, 5.41) is 7.33. The number of aryl methyl sites for hydroxylation is 1. The number of aromatic nitrogens is 4. The number of rotatable bonds is 5. The van der Waals surface area contributed by atoms with E-state index in [1.807, 2.05) is 48.2 Å². The molecule has 0 saturated carbocycles. The lowest BCUT2D eigenvalue weighted by molar-refractivity contribution is -0.137. The Hall–Kier alpha value is -3.22. The van der Waals surface area contributed by atoms with E-state index in [-0.39, 0.29) is 18.6 Å². The number of carbonyl (C=O) groups is 1. The molecule has 7 heteroatoms. The van der Waals surface area contributed by atoms with Crippen molar-refractivity contribution in [3.8, 4) is 17.1 Å². The van der Waals surface area contributed by atoms with Crippen molar-refractivity contribution < 1.29 is 9.53 Å². The Morgan fingerprint density at radius 2 is 2.21 bits per heavy atom. The van der Waals surface area contributed by atoms with E-state index >= 15 is 0 Å². The van der Waals surface area contributed by atoms with Gasteiger partial charge in [-0.2, -0.15) is 5.10 Å². The molecule has 0 radical (unpaired) electrons. The average Bonchev–Trinajstić information content (AvgIpc) is 3.23. The van der Waals surface area contributed by atoms with Gasteiger partial charge in [0.15, 0.2) is 12.4 Å². The van der Waals surface area contributed by atoms with E-state index < -0.39 is 0 Å². The van der Waals surface area contributed by atoms with Crippen LogP contribution in [0.2, 0.25) is 0 Å². The summed E-state index contributed by atoms with van der Waals surface area (Å²) >= 11 is 0. The molecular weight excluding hydrogens is 354 g/mol. The number of likely N-dealkylation sites (tertiary alicyclic amines) is 1. The predicted molar refractivity (Wildman–Crippen MR) is 105 cm³/mol. The first-order chi connectivity index (χ1) is 13.7. The molecule has 0 spiro atoms. The SMILES string of the molecule is Cc1cccc(OCC(=O)N2CCCCC2c2nc(-c3cccnc3)n[nH]2)c1. The summed E-state index contributed by atoms with van der Waals surface area (Å²) in [7, 11) is 0. The van der Waals surface area contributed by atoms with Gasteiger partial charge in [0.2, 0.25) is 0 Å². The van der Waals surface area contributed by atoms with Crippen LogP contribution in [0.5, 0.6) is 5.75 Å². The Morgan fingerprint density at radius 1 is 1.29 bits per heavy atom. The Balaban J connectivity index is 1.47. The topological polar surface area (TPSA) is 84.0 Å². The first-order valence-corrected chi connectivity index (χ1v) is 9.52. The lowest BCUT2D eigenvalue weighted by Crippen LogP contribution is -2.41. The lowest BCUT2D eigenvalue weighted by atomic mass is 10.0. The lowest BCUT2D eigenvalue weighted by Gasteiger charge is -2.34. The minimum Gasteiger partial charge on any atom is -0.484 e. The molecule has 3 heterocycles. The maximum Gasteiger partial charge on any atom is 0.261 e. The number of amides is 1. The van der Waals surface area contributed by atoms with Gasteiger partial charge in [0.25, 0.3) is 5.91 Å². The van der Waals surface area contributed by atoms with Crippen LogP contribution in [-0.4, -0.2) is 44.1 Å². The highest BCUT2D eigenvalue weighted by atomic mass is 16.5. The third-order valence-corrected chi connectivity index (χ3v) is 4.91. The van der Waals surface area contributed by atoms with Gasteiger partial charge in [0.1, 0.15) is 11.6 Å². The molecule has 144 valence electrons. The summed E-state index contributed by atoms with van der Waals surface area (Å²) < 4.78 is 5.71. The van der Waals surface area contributed by atoms with Gasteiger partial charge >= 0.3 is 0 Å². The number of pyridine rings is 1. The van der Waals surface area contributed by atoms with Gasteiger partial charge < -0.3 is 9.64 Å². The van der Waals surface area contributed by atoms with Crippen molar-refractivity contribution in [2.45, 2.75) is 32.2 Å². The van der Waals surface area contributed by atoms with Crippen molar-refractivity contribution in [3.05, 3.63) is 60.2 Å². The molecule has 1 unspecified atom stereocenters. The van der Waals surface area contributed by atoms with E-state index in [2.05, 4.69) is 20.2 Å². The third-order valence-electron chi connectivity index (χ3n) is 4.91. The highest BCUT2D eigenvalue weighted by Crippen LogP contribution is 2.30. The summed E-state index contributed by atoms with van der Waals surface area (Å²) in [4.78, 5) is 23.4. The highest BCUT2D eigenvalue weighted by Gasteiger charge is 2.30. The molecule has 1 saturated heterocycles. The monoisotopic (exact) mass is 377 g/mol. The van der Waals surface area contributed by atoms with Gasteiger partial charge in [0.05, 0.1) is 6.04 Å². The average molecular weight is 377 g/mol. The highest BCUT2D eigenvalue weighted by molar-refractivity contribution is 5.78. The Morgan fingerprint density at radius 3 is 3.04 bits per heavy atom. The molecular formula is C21H23N5O2. The zero-order chi connectivity index (χ0) is 19.3. The fourth-order valence-electron chi connectivity index (χ4n) is 3.49. The van der Waals surface area contributed by atoms with Crippen LogP contribution in [-0.2, 0) is 4.79 Å². The summed E-state index contributed by atoms with van der Waals surface area (Å²) in [5.74, 6) is 1.98. The molecule has 0 bridgehead atoms. The number of nitrogens with one attached hydrogen (secondary N) is 1. The maximum atomic E-state index is 12.8. The van der Waals surface area contributed by atoms with E-state index in [1.54, 1.807) is 12.4 Å². The van der Waals surface area contributed by atoms with Crippen LogP contribution in [0, 0.1) is 6.92 Å². The van der Waals surface area contributed by atoms with Crippen molar-refractivity contribution in [3.63, 3.8) is 0 Å². The number of carbonyl (C=O) groups excluding carboxylic acids is 1. The van der Waals surface area contributed by atoms with Gasteiger partial charge in [-0.05, 0) is 56.0 Å². The van der Waals surface area contributed by atoms with E-state index in [0.717, 1.165) is 30.4 Å². The minimum absolute atomic E-state index is 0.0174. The largest absolute Gasteiger partial charge is 0.484 e. The summed E-state index contributed by atoms with van der Waals surface area (Å²) in [6, 6.07) is 11.4. The molecule has 1 atom stereocenters. The standard InChI is InChI=1S/C21H23N5O2/c1-15-6-4-8-17(12-15)28-14-19(27)26-11-3-2-9-18(26)21-23-20(24-25-21)16-7-5-10-22-13-16/h4-8,10,12-13,18H,2-3,9,11,14H2,1H3,(H,23,24,25). The van der Waals surface area contributed by atoms with Crippen molar-refractivity contribution in [2.75, 3.05) is 13.2 Å². The Labute approximate surface area is 163 Å². The smallest absolute Gasteiger partial charge is 0.261 e. The molecule has 3 aromatic rings. The molecule has 4 rings (SSSR count). The Kier molecular flexibility index (Phi) is 5.32. The second-order valence-corrected chi connectivity index (χ2v) is 6.99. The van der Waals surface area contributed by atoms with E-state index in [1.165, 1.54) is 0 Å². The third kappa shape index (κ3) is 4.03. The van der Waals surface area contributed by atoms with Gasteiger partial charge in [-0.3, -0.25) is 14.9 Å². The second kappa shape index (κ2) is 8.21. The fourth-order valence-corrected chi connectivity index (χ4v) is 3.49. The maximum absolute atomic E-state index is 12.8. The number of aromatic amines is 1. The number of H-pyrrole nitrogens is 1. The van der Waals surface area contributed by atoms with E-state index in [0.29, 0.717) is 23.9 Å². The fraction of sp³-hybridized carbons (Fsp3) is 0.333. The van der Waals surface area contributed by atoms with Crippen LogP contribution in [0.3, 0.4) is 0 Å². The van der Waals surface area contributed by atoms with E-state index in [4.69, 9.17) is 4.74 Å². The molecule has 1 aliphatic rings. The normalized spacial score (nSPS) is 16.8. The molecule has 1 aromatic carbocycles. The molecule has 7 nitrogen and oxygen atoms in total. The first-order valence-electron chi connectivity index (χ1n) is 9.52. The summed E-state index contributed by atoms with van der Waals surface area (Å²) in [6.45, 7) is 2.71. The van der Waals surface area contributed by atoms with Gasteiger partial charge in [-0.1, -0.05) is 12.1 Å². The molecule has 1 amide bonds. The van der Waals surface area contributed by atoms with Crippen molar-refractivity contribution in [2.24, 2.45) is 0 Å². The van der Waals surface area contributed by atoms with Crippen LogP contribution in [0.4, 0.5) is 0 Å². The van der Waals surface area contributed by atoms with Gasteiger partial charge in [0, 0.05) is 24.5 Å². The minimum atomic E-state index is -0.111. The first kappa shape index (κ1) is 18.2. The number of hydrogen-bond donors (Lipinski definition) is 1. The van der Waals surface area contributed by atoms with Crippen LogP contribution >= 0.6 is 0 Å². The Bertz CT molecular complexity index is 941. The molecule has 1 fully saturated rings. The second-order valence-electron chi connectivity index (χ2n) is 6.99. The molecule has 1 aliphatic heterocycles. The van der Waals surface area contributed by atoms with Crippen LogP contribution in [0.1, 0.15) is 36.7 Å². The number of benzene rings is 1. The van der Waals surface area contributed by atoms with Crippen molar-refractivity contribution in [1.29, 1.82) is 0 Å². The summed E-state index contributed by atoms with van der Waals surface area (Å²) in [5.41, 5.74) is 1.95. The molecule has 2 aromatic heterocycles. The van der Waals surface area contributed by atoms with Crippen molar-refractivity contribution in [1.82, 2.24) is 25.1 Å².